The van der Waals surface area contributed by atoms with Crippen molar-refractivity contribution < 1.29 is 19.1 Å². The van der Waals surface area contributed by atoms with Crippen molar-refractivity contribution in [1.29, 1.82) is 0 Å². The Morgan fingerprint density at radius 2 is 2.00 bits per heavy atom. The van der Waals surface area contributed by atoms with Gasteiger partial charge in [0.2, 0.25) is 5.91 Å². The van der Waals surface area contributed by atoms with E-state index in [1.807, 2.05) is 25.1 Å². The number of amides is 1. The number of ether oxygens (including phenoxy) is 1. The molecular weight excluding hydrogens is 418 g/mol. The van der Waals surface area contributed by atoms with Crippen LogP contribution < -0.4 is 15.7 Å². The molecule has 0 aliphatic carbocycles. The fourth-order valence-electron chi connectivity index (χ4n) is 3.13. The van der Waals surface area contributed by atoms with Crippen molar-refractivity contribution in [1.82, 2.24) is 5.32 Å². The molecule has 1 heterocycles. The number of halogens is 1. The highest BCUT2D eigenvalue weighted by atomic mass is 35.5. The van der Waals surface area contributed by atoms with Gasteiger partial charge < -0.3 is 19.6 Å². The third-order valence-corrected chi connectivity index (χ3v) is 5.12. The van der Waals surface area contributed by atoms with Crippen LogP contribution in [0, 0.1) is 6.92 Å². The smallest absolute Gasteiger partial charge is 0.340 e. The number of aliphatic hydroxyl groups is 1. The summed E-state index contributed by atoms with van der Waals surface area (Å²) in [6, 6.07) is 12.2. The van der Waals surface area contributed by atoms with Gasteiger partial charge in [-0.25, -0.2) is 4.79 Å². The Morgan fingerprint density at radius 3 is 2.68 bits per heavy atom. The first kappa shape index (κ1) is 22.6. The second-order valence-corrected chi connectivity index (χ2v) is 7.83. The fraction of sp³-hybridized carbons (Fsp3) is 0.250. The van der Waals surface area contributed by atoms with Crippen LogP contribution in [0.3, 0.4) is 0 Å². The largest absolute Gasteiger partial charge is 0.488 e. The average Bonchev–Trinajstić information content (AvgIpc) is 2.74. The molecule has 1 unspecified atom stereocenters. The van der Waals surface area contributed by atoms with Crippen LogP contribution in [-0.4, -0.2) is 24.2 Å². The number of aryl methyl sites for hydroxylation is 1. The Balaban J connectivity index is 1.77. The minimum Gasteiger partial charge on any atom is -0.488 e. The Kier molecular flexibility index (Phi) is 7.15. The number of nitrogens with one attached hydrogen (secondary N) is 1. The van der Waals surface area contributed by atoms with E-state index in [9.17, 15) is 14.7 Å². The summed E-state index contributed by atoms with van der Waals surface area (Å²) in [6.45, 7) is 7.68. The molecule has 0 spiro atoms. The molecule has 7 heteroatoms. The molecule has 162 valence electrons. The minimum absolute atomic E-state index is 0.0378. The number of hydrogen-bond acceptors (Lipinski definition) is 5. The number of benzene rings is 2. The number of aliphatic hydroxyl groups excluding tert-OH is 1. The van der Waals surface area contributed by atoms with E-state index in [2.05, 4.69) is 11.9 Å². The molecule has 0 saturated carbocycles. The highest BCUT2D eigenvalue weighted by Gasteiger charge is 2.18. The van der Waals surface area contributed by atoms with Gasteiger partial charge >= 0.3 is 5.63 Å². The van der Waals surface area contributed by atoms with E-state index in [0.29, 0.717) is 39.5 Å². The van der Waals surface area contributed by atoms with Gasteiger partial charge in [0.15, 0.2) is 0 Å². The summed E-state index contributed by atoms with van der Waals surface area (Å²) in [5, 5.41) is 13.8. The summed E-state index contributed by atoms with van der Waals surface area (Å²) in [5.41, 5.74) is 2.10. The first-order valence-corrected chi connectivity index (χ1v) is 10.2. The zero-order valence-corrected chi connectivity index (χ0v) is 18.2. The lowest BCUT2D eigenvalue weighted by molar-refractivity contribution is -0.120. The van der Waals surface area contributed by atoms with Crippen LogP contribution in [0.25, 0.3) is 11.0 Å². The molecule has 0 fully saturated rings. The summed E-state index contributed by atoms with van der Waals surface area (Å²) < 4.78 is 11.0. The van der Waals surface area contributed by atoms with Crippen LogP contribution >= 0.6 is 11.6 Å². The molecule has 3 aromatic rings. The molecule has 0 aliphatic rings. The van der Waals surface area contributed by atoms with E-state index >= 15 is 0 Å². The van der Waals surface area contributed by atoms with E-state index in [1.54, 1.807) is 31.2 Å². The summed E-state index contributed by atoms with van der Waals surface area (Å²) in [7, 11) is 0. The molecule has 6 nitrogen and oxygen atoms in total. The Bertz CT molecular complexity index is 1170. The molecule has 2 N–H and O–H groups in total. The first-order valence-electron chi connectivity index (χ1n) is 9.79. The van der Waals surface area contributed by atoms with Crippen molar-refractivity contribution in [2.75, 3.05) is 13.2 Å². The van der Waals surface area contributed by atoms with E-state index in [1.165, 1.54) is 0 Å². The number of carbonyl (C=O) groups excluding carboxylic acids is 1. The zero-order valence-electron chi connectivity index (χ0n) is 17.4. The van der Waals surface area contributed by atoms with Crippen LogP contribution in [-0.2, 0) is 11.2 Å². The molecule has 1 amide bonds. The number of hydrogen-bond donors (Lipinski definition) is 2. The van der Waals surface area contributed by atoms with Crippen molar-refractivity contribution in [3.8, 4) is 5.75 Å². The Morgan fingerprint density at radius 1 is 1.29 bits per heavy atom. The first-order chi connectivity index (χ1) is 14.8. The maximum absolute atomic E-state index is 12.5. The van der Waals surface area contributed by atoms with Crippen LogP contribution in [0.15, 0.2) is 63.8 Å². The summed E-state index contributed by atoms with van der Waals surface area (Å²) in [4.78, 5) is 24.9. The maximum Gasteiger partial charge on any atom is 0.340 e. The second-order valence-electron chi connectivity index (χ2n) is 7.42. The van der Waals surface area contributed by atoms with Gasteiger partial charge in [0.1, 0.15) is 17.9 Å². The molecule has 0 radical (unpaired) electrons. The highest BCUT2D eigenvalue weighted by molar-refractivity contribution is 6.32. The predicted molar refractivity (Wildman–Crippen MR) is 121 cm³/mol. The van der Waals surface area contributed by atoms with Crippen LogP contribution in [0.2, 0.25) is 5.02 Å². The van der Waals surface area contributed by atoms with E-state index in [4.69, 9.17) is 20.8 Å². The standard InChI is InChI=1S/C24H24ClNO5/c1-14(2)13-30-22-11-21-17(9-19(22)25)15(3)18(24(29)31-21)10-23(28)26-12-20(27)16-7-5-4-6-8-16/h4-9,11,20,27H,1,10,12-13H2,2-3H3,(H,26,28). The molecule has 0 bridgehead atoms. The minimum atomic E-state index is -0.837. The summed E-state index contributed by atoms with van der Waals surface area (Å²) in [6.07, 6.45) is -1.01. The third kappa shape index (κ3) is 5.54. The Labute approximate surface area is 185 Å². The summed E-state index contributed by atoms with van der Waals surface area (Å²) in [5.74, 6) is -0.00245. The van der Waals surface area contributed by atoms with Gasteiger partial charge in [0.25, 0.3) is 0 Å². The van der Waals surface area contributed by atoms with Gasteiger partial charge in [0.05, 0.1) is 23.1 Å². The van der Waals surface area contributed by atoms with Crippen molar-refractivity contribution >= 4 is 28.5 Å². The third-order valence-electron chi connectivity index (χ3n) is 4.83. The van der Waals surface area contributed by atoms with Crippen LogP contribution in [0.5, 0.6) is 5.75 Å². The van der Waals surface area contributed by atoms with Crippen LogP contribution in [0.1, 0.15) is 29.7 Å². The van der Waals surface area contributed by atoms with Gasteiger partial charge in [-0.3, -0.25) is 4.79 Å². The molecule has 1 atom stereocenters. The topological polar surface area (TPSA) is 88.8 Å². The second kappa shape index (κ2) is 9.81. The normalized spacial score (nSPS) is 11.9. The van der Waals surface area contributed by atoms with Crippen molar-refractivity contribution in [2.45, 2.75) is 26.4 Å². The van der Waals surface area contributed by atoms with Crippen molar-refractivity contribution in [3.05, 3.63) is 86.7 Å². The fourth-order valence-corrected chi connectivity index (χ4v) is 3.35. The lowest BCUT2D eigenvalue weighted by atomic mass is 10.0. The summed E-state index contributed by atoms with van der Waals surface area (Å²) >= 11 is 6.32. The van der Waals surface area contributed by atoms with Crippen LogP contribution in [0.4, 0.5) is 0 Å². The van der Waals surface area contributed by atoms with Gasteiger partial charge in [-0.2, -0.15) is 0 Å². The van der Waals surface area contributed by atoms with E-state index in [0.717, 1.165) is 5.57 Å². The average molecular weight is 442 g/mol. The predicted octanol–water partition coefficient (Wildman–Crippen LogP) is 4.10. The van der Waals surface area contributed by atoms with E-state index < -0.39 is 17.6 Å². The molecule has 31 heavy (non-hydrogen) atoms. The molecule has 1 aromatic heterocycles. The Hall–Kier alpha value is -3.09. The monoisotopic (exact) mass is 441 g/mol. The van der Waals surface area contributed by atoms with Gasteiger partial charge in [-0.15, -0.1) is 0 Å². The quantitative estimate of drug-likeness (QED) is 0.406. The van der Waals surface area contributed by atoms with Gasteiger partial charge in [-0.05, 0) is 36.6 Å². The van der Waals surface area contributed by atoms with E-state index in [-0.39, 0.29) is 18.5 Å². The maximum atomic E-state index is 12.5. The zero-order chi connectivity index (χ0) is 22.5. The molecule has 3 rings (SSSR count). The lowest BCUT2D eigenvalue weighted by Crippen LogP contribution is -2.31. The SMILES string of the molecule is C=C(C)COc1cc2oc(=O)c(CC(=O)NCC(O)c3ccccc3)c(C)c2cc1Cl. The molecule has 2 aromatic carbocycles. The van der Waals surface area contributed by atoms with Gasteiger partial charge in [0, 0.05) is 18.0 Å². The van der Waals surface area contributed by atoms with Gasteiger partial charge in [-0.1, -0.05) is 48.5 Å². The number of carbonyl (C=O) groups is 1. The highest BCUT2D eigenvalue weighted by Crippen LogP contribution is 2.32. The van der Waals surface area contributed by atoms with Crippen molar-refractivity contribution in [3.63, 3.8) is 0 Å². The van der Waals surface area contributed by atoms with Crippen molar-refractivity contribution in [2.24, 2.45) is 0 Å². The molecule has 0 aliphatic heterocycles. The number of rotatable bonds is 8. The molecular formula is C24H24ClNO5. The molecule has 0 saturated heterocycles. The lowest BCUT2D eigenvalue weighted by Gasteiger charge is -2.13. The number of fused-ring (bicyclic) bond motifs is 1.